The maximum Gasteiger partial charge on any atom is 0.356 e. The number of carboxylic acid groups (broad SMARTS) is 1. The van der Waals surface area contributed by atoms with Crippen LogP contribution in [0.25, 0.3) is 5.65 Å². The van der Waals surface area contributed by atoms with Crippen molar-refractivity contribution in [2.45, 2.75) is 0 Å². The summed E-state index contributed by atoms with van der Waals surface area (Å²) in [5.41, 5.74) is 0.545. The van der Waals surface area contributed by atoms with Gasteiger partial charge in [-0.25, -0.2) is 14.3 Å². The molecule has 0 radical (unpaired) electrons. The predicted molar refractivity (Wildman–Crippen MR) is 43.6 cm³/mol. The molecule has 3 N–H and O–H groups in total. The summed E-state index contributed by atoms with van der Waals surface area (Å²) in [6.07, 6.45) is 3.23. The van der Waals surface area contributed by atoms with Crippen molar-refractivity contribution in [1.82, 2.24) is 14.6 Å². The summed E-state index contributed by atoms with van der Waals surface area (Å²) in [5, 5.41) is 12.3. The van der Waals surface area contributed by atoms with E-state index >= 15 is 0 Å². The third kappa shape index (κ3) is 1.47. The molecule has 2 heterocycles. The Morgan fingerprint density at radius 1 is 1.54 bits per heavy atom. The second-order valence-corrected chi connectivity index (χ2v) is 2.26. The van der Waals surface area contributed by atoms with Crippen LogP contribution in [0.1, 0.15) is 10.5 Å². The summed E-state index contributed by atoms with van der Waals surface area (Å²) in [6, 6.07) is 3.11. The highest BCUT2D eigenvalue weighted by Gasteiger charge is 2.07. The summed E-state index contributed by atoms with van der Waals surface area (Å²) in [5.74, 6) is -1.04. The summed E-state index contributed by atoms with van der Waals surface area (Å²) < 4.78 is 1.42. The topological polar surface area (TPSA) is 99.0 Å². The Balaban J connectivity index is 0.000000845. The molecule has 0 unspecified atom stereocenters. The number of hydrogen-bond donors (Lipinski definition) is 1. The monoisotopic (exact) mass is 181 g/mol. The van der Waals surface area contributed by atoms with Crippen LogP contribution in [0.2, 0.25) is 0 Å². The van der Waals surface area contributed by atoms with Gasteiger partial charge in [0.1, 0.15) is 0 Å². The van der Waals surface area contributed by atoms with Crippen molar-refractivity contribution in [1.29, 1.82) is 0 Å². The smallest absolute Gasteiger partial charge is 0.356 e. The van der Waals surface area contributed by atoms with Crippen molar-refractivity contribution in [3.63, 3.8) is 0 Å². The minimum atomic E-state index is -1.04. The zero-order valence-electron chi connectivity index (χ0n) is 6.51. The summed E-state index contributed by atoms with van der Waals surface area (Å²) >= 11 is 0. The molecular formula is C7H7N3O3. The van der Waals surface area contributed by atoms with E-state index in [1.54, 1.807) is 18.5 Å². The molecule has 13 heavy (non-hydrogen) atoms. The summed E-state index contributed by atoms with van der Waals surface area (Å²) in [7, 11) is 0. The normalized spacial score (nSPS) is 9.54. The summed E-state index contributed by atoms with van der Waals surface area (Å²) in [6.45, 7) is 0. The lowest BCUT2D eigenvalue weighted by Gasteiger charge is -1.86. The van der Waals surface area contributed by atoms with Crippen LogP contribution in [0.5, 0.6) is 0 Å². The molecule has 68 valence electrons. The molecule has 0 atom stereocenters. The zero-order chi connectivity index (χ0) is 8.55. The average molecular weight is 181 g/mol. The van der Waals surface area contributed by atoms with Crippen LogP contribution >= 0.6 is 0 Å². The van der Waals surface area contributed by atoms with Gasteiger partial charge in [-0.2, -0.15) is 5.10 Å². The fourth-order valence-corrected chi connectivity index (χ4v) is 0.935. The maximum absolute atomic E-state index is 10.5. The van der Waals surface area contributed by atoms with E-state index in [9.17, 15) is 4.79 Å². The van der Waals surface area contributed by atoms with Crippen LogP contribution in [-0.2, 0) is 0 Å². The molecular weight excluding hydrogens is 174 g/mol. The highest BCUT2D eigenvalue weighted by atomic mass is 16.4. The molecule has 0 amide bonds. The number of nitrogens with zero attached hydrogens (tertiary/aromatic N) is 3. The van der Waals surface area contributed by atoms with Crippen molar-refractivity contribution in [2.75, 3.05) is 0 Å². The van der Waals surface area contributed by atoms with E-state index in [4.69, 9.17) is 5.11 Å². The van der Waals surface area contributed by atoms with Crippen molar-refractivity contribution >= 4 is 11.6 Å². The van der Waals surface area contributed by atoms with Crippen molar-refractivity contribution in [3.05, 3.63) is 30.2 Å². The third-order valence-corrected chi connectivity index (χ3v) is 1.46. The van der Waals surface area contributed by atoms with Gasteiger partial charge in [0.05, 0.1) is 0 Å². The number of rotatable bonds is 1. The lowest BCUT2D eigenvalue weighted by molar-refractivity contribution is 0.0690. The Labute approximate surface area is 72.8 Å². The van der Waals surface area contributed by atoms with Gasteiger partial charge in [-0.1, -0.05) is 0 Å². The van der Waals surface area contributed by atoms with E-state index in [0.29, 0.717) is 5.65 Å². The fourth-order valence-electron chi connectivity index (χ4n) is 0.935. The number of carbonyl (C=O) groups is 1. The Hall–Kier alpha value is -1.95. The van der Waals surface area contributed by atoms with E-state index in [-0.39, 0.29) is 11.2 Å². The third-order valence-electron chi connectivity index (χ3n) is 1.46. The van der Waals surface area contributed by atoms with E-state index in [2.05, 4.69) is 10.1 Å². The Kier molecular flexibility index (Phi) is 2.25. The number of aromatic nitrogens is 3. The minimum absolute atomic E-state index is 0. The van der Waals surface area contributed by atoms with Gasteiger partial charge in [0.25, 0.3) is 0 Å². The lowest BCUT2D eigenvalue weighted by Crippen LogP contribution is -1.97. The van der Waals surface area contributed by atoms with E-state index < -0.39 is 5.97 Å². The number of fused-ring (bicyclic) bond motifs is 1. The number of carboxylic acids is 1. The Morgan fingerprint density at radius 2 is 2.31 bits per heavy atom. The molecule has 2 rings (SSSR count). The van der Waals surface area contributed by atoms with E-state index in [1.807, 2.05) is 0 Å². The number of hydrogen-bond acceptors (Lipinski definition) is 3. The molecule has 0 saturated carbocycles. The molecule has 0 bridgehead atoms. The van der Waals surface area contributed by atoms with Gasteiger partial charge < -0.3 is 10.6 Å². The van der Waals surface area contributed by atoms with Crippen LogP contribution in [0, 0.1) is 0 Å². The molecule has 2 aromatic rings. The first-order valence-corrected chi connectivity index (χ1v) is 3.31. The molecule has 0 fully saturated rings. The fraction of sp³-hybridized carbons (Fsp3) is 0. The van der Waals surface area contributed by atoms with Crippen LogP contribution < -0.4 is 0 Å². The maximum atomic E-state index is 10.5. The van der Waals surface area contributed by atoms with Crippen LogP contribution in [0.3, 0.4) is 0 Å². The SMILES string of the molecule is O.O=C(O)c1cc2ncccn2n1. The summed E-state index contributed by atoms with van der Waals surface area (Å²) in [4.78, 5) is 14.4. The van der Waals surface area contributed by atoms with Gasteiger partial charge in [0, 0.05) is 18.5 Å². The van der Waals surface area contributed by atoms with Crippen molar-refractivity contribution in [2.24, 2.45) is 0 Å². The van der Waals surface area contributed by atoms with Crippen LogP contribution in [-0.4, -0.2) is 31.2 Å². The quantitative estimate of drug-likeness (QED) is 0.647. The van der Waals surface area contributed by atoms with Gasteiger partial charge in [0.15, 0.2) is 11.3 Å². The predicted octanol–water partition coefficient (Wildman–Crippen LogP) is -0.397. The van der Waals surface area contributed by atoms with E-state index in [1.165, 1.54) is 10.6 Å². The Morgan fingerprint density at radius 3 is 2.92 bits per heavy atom. The van der Waals surface area contributed by atoms with Crippen LogP contribution in [0.15, 0.2) is 24.5 Å². The zero-order valence-corrected chi connectivity index (χ0v) is 6.51. The van der Waals surface area contributed by atoms with Crippen molar-refractivity contribution in [3.8, 4) is 0 Å². The van der Waals surface area contributed by atoms with Gasteiger partial charge in [-0.15, -0.1) is 0 Å². The second-order valence-electron chi connectivity index (χ2n) is 2.26. The van der Waals surface area contributed by atoms with Crippen LogP contribution in [0.4, 0.5) is 0 Å². The van der Waals surface area contributed by atoms with Gasteiger partial charge >= 0.3 is 5.97 Å². The lowest BCUT2D eigenvalue weighted by atomic mass is 10.4. The molecule has 0 saturated heterocycles. The molecule has 0 aliphatic rings. The first-order chi connectivity index (χ1) is 5.77. The van der Waals surface area contributed by atoms with E-state index in [0.717, 1.165) is 0 Å². The molecule has 6 nitrogen and oxygen atoms in total. The molecule has 2 aromatic heterocycles. The highest BCUT2D eigenvalue weighted by molar-refractivity contribution is 5.86. The first-order valence-electron chi connectivity index (χ1n) is 3.31. The minimum Gasteiger partial charge on any atom is -0.476 e. The highest BCUT2D eigenvalue weighted by Crippen LogP contribution is 2.01. The average Bonchev–Trinajstić information content (AvgIpc) is 2.46. The molecule has 0 aliphatic heterocycles. The largest absolute Gasteiger partial charge is 0.476 e. The first kappa shape index (κ1) is 9.14. The molecule has 0 spiro atoms. The molecule has 0 aromatic carbocycles. The van der Waals surface area contributed by atoms with Gasteiger partial charge in [-0.05, 0) is 6.07 Å². The molecule has 0 aliphatic carbocycles. The van der Waals surface area contributed by atoms with Gasteiger partial charge in [-0.3, -0.25) is 0 Å². The Bertz CT molecular complexity index is 404. The number of aromatic carboxylic acids is 1. The molecule has 6 heteroatoms. The second kappa shape index (κ2) is 3.20. The van der Waals surface area contributed by atoms with Crippen molar-refractivity contribution < 1.29 is 15.4 Å². The van der Waals surface area contributed by atoms with Gasteiger partial charge in [0.2, 0.25) is 0 Å². The standard InChI is InChI=1S/C7H5N3O2.H2O/c11-7(12)5-4-6-8-2-1-3-10(6)9-5;/h1-4H,(H,11,12);1H2.